The van der Waals surface area contributed by atoms with Gasteiger partial charge in [0.2, 0.25) is 0 Å². The van der Waals surface area contributed by atoms with Crippen molar-refractivity contribution < 1.29 is 0 Å². The molecule has 1 rings (SSSR count). The van der Waals surface area contributed by atoms with E-state index < -0.39 is 0 Å². The molecule has 0 bridgehead atoms. The van der Waals surface area contributed by atoms with E-state index >= 15 is 0 Å². The Kier molecular flexibility index (Phi) is 4.49. The Morgan fingerprint density at radius 1 is 1.56 bits per heavy atom. The molecule has 1 N–H and O–H groups in total. The number of nitrogens with one attached hydrogen (secondary N) is 1. The molecule has 0 aliphatic rings. The Labute approximate surface area is 96.1 Å². The number of hydrogen-bond acceptors (Lipinski definition) is 4. The van der Waals surface area contributed by atoms with Gasteiger partial charge in [0.25, 0.3) is 5.56 Å². The van der Waals surface area contributed by atoms with E-state index in [9.17, 15) is 4.79 Å². The first kappa shape index (κ1) is 12.7. The van der Waals surface area contributed by atoms with Crippen molar-refractivity contribution >= 4 is 5.69 Å². The van der Waals surface area contributed by atoms with Crippen molar-refractivity contribution in [3.63, 3.8) is 0 Å². The minimum atomic E-state index is -0.0593. The van der Waals surface area contributed by atoms with Gasteiger partial charge in [0.1, 0.15) is 0 Å². The second-order valence-electron chi connectivity index (χ2n) is 4.09. The van der Waals surface area contributed by atoms with E-state index in [-0.39, 0.29) is 11.6 Å². The molecule has 0 aromatic carbocycles. The molecule has 0 saturated carbocycles. The molecule has 1 aromatic heterocycles. The number of likely N-dealkylation sites (N-methyl/N-ethyl adjacent to an activating group) is 1. The maximum Gasteiger partial charge on any atom is 0.268 e. The highest BCUT2D eigenvalue weighted by Crippen LogP contribution is 2.03. The molecule has 1 heterocycles. The molecular weight excluding hydrogens is 204 g/mol. The molecule has 1 atom stereocenters. The monoisotopic (exact) mass is 224 g/mol. The number of hydrogen-bond donors (Lipinski definition) is 1. The van der Waals surface area contributed by atoms with Gasteiger partial charge in [-0.3, -0.25) is 4.79 Å². The summed E-state index contributed by atoms with van der Waals surface area (Å²) in [4.78, 5) is 13.6. The summed E-state index contributed by atoms with van der Waals surface area (Å²) >= 11 is 0. The van der Waals surface area contributed by atoms with E-state index in [1.807, 2.05) is 32.8 Å². The lowest BCUT2D eigenvalue weighted by molar-refractivity contribution is 0.447. The van der Waals surface area contributed by atoms with Crippen LogP contribution in [0, 0.1) is 0 Å². The predicted molar refractivity (Wildman–Crippen MR) is 66.0 cm³/mol. The van der Waals surface area contributed by atoms with E-state index in [0.717, 1.165) is 12.2 Å². The van der Waals surface area contributed by atoms with E-state index in [1.54, 1.807) is 12.3 Å². The SMILES string of the molecule is CCNC(C)Cn1ncc(N(C)C)cc1=O. The smallest absolute Gasteiger partial charge is 0.268 e. The normalized spacial score (nSPS) is 12.5. The summed E-state index contributed by atoms with van der Waals surface area (Å²) in [5.74, 6) is 0. The van der Waals surface area contributed by atoms with Gasteiger partial charge in [-0.25, -0.2) is 4.68 Å². The van der Waals surface area contributed by atoms with Crippen LogP contribution in [0.4, 0.5) is 5.69 Å². The van der Waals surface area contributed by atoms with Crippen LogP contribution >= 0.6 is 0 Å². The maximum absolute atomic E-state index is 11.7. The van der Waals surface area contributed by atoms with Crippen LogP contribution in [0.3, 0.4) is 0 Å². The molecular formula is C11H20N4O. The Balaban J connectivity index is 2.79. The molecule has 0 spiro atoms. The number of rotatable bonds is 5. The van der Waals surface area contributed by atoms with Gasteiger partial charge in [-0.15, -0.1) is 0 Å². The summed E-state index contributed by atoms with van der Waals surface area (Å²) in [5.41, 5.74) is 0.772. The topological polar surface area (TPSA) is 50.2 Å². The minimum absolute atomic E-state index is 0.0593. The van der Waals surface area contributed by atoms with Crippen LogP contribution in [0.25, 0.3) is 0 Å². The number of aromatic nitrogens is 2. The molecule has 16 heavy (non-hydrogen) atoms. The summed E-state index contributed by atoms with van der Waals surface area (Å²) < 4.78 is 1.49. The average molecular weight is 224 g/mol. The molecule has 5 heteroatoms. The average Bonchev–Trinajstić information content (AvgIpc) is 2.21. The van der Waals surface area contributed by atoms with Crippen molar-refractivity contribution in [2.75, 3.05) is 25.5 Å². The summed E-state index contributed by atoms with van der Waals surface area (Å²) in [6, 6.07) is 1.85. The first-order chi connectivity index (χ1) is 7.54. The molecule has 1 aromatic rings. The van der Waals surface area contributed by atoms with E-state index in [1.165, 1.54) is 4.68 Å². The second-order valence-corrected chi connectivity index (χ2v) is 4.09. The molecule has 0 fully saturated rings. The third-order valence-corrected chi connectivity index (χ3v) is 2.37. The van der Waals surface area contributed by atoms with Crippen molar-refractivity contribution in [2.24, 2.45) is 0 Å². The van der Waals surface area contributed by atoms with Crippen LogP contribution in [-0.2, 0) is 6.54 Å². The van der Waals surface area contributed by atoms with Gasteiger partial charge in [0.15, 0.2) is 0 Å². The maximum atomic E-state index is 11.7. The van der Waals surface area contributed by atoms with Gasteiger partial charge in [0, 0.05) is 26.2 Å². The van der Waals surface area contributed by atoms with E-state index in [2.05, 4.69) is 10.4 Å². The molecule has 1 unspecified atom stereocenters. The molecule has 0 radical (unpaired) electrons. The fourth-order valence-corrected chi connectivity index (χ4v) is 1.48. The quantitative estimate of drug-likeness (QED) is 0.782. The highest BCUT2D eigenvalue weighted by Gasteiger charge is 2.05. The van der Waals surface area contributed by atoms with Crippen LogP contribution in [0.1, 0.15) is 13.8 Å². The second kappa shape index (κ2) is 5.65. The molecule has 0 saturated heterocycles. The largest absolute Gasteiger partial charge is 0.376 e. The molecule has 0 aliphatic heterocycles. The lowest BCUT2D eigenvalue weighted by Gasteiger charge is -2.15. The Morgan fingerprint density at radius 3 is 2.75 bits per heavy atom. The van der Waals surface area contributed by atoms with Gasteiger partial charge >= 0.3 is 0 Å². The summed E-state index contributed by atoms with van der Waals surface area (Å²) in [5, 5.41) is 7.39. The number of anilines is 1. The van der Waals surface area contributed by atoms with Gasteiger partial charge in [-0.05, 0) is 13.5 Å². The van der Waals surface area contributed by atoms with Crippen LogP contribution in [-0.4, -0.2) is 36.5 Å². The molecule has 0 amide bonds. The van der Waals surface area contributed by atoms with Gasteiger partial charge in [0.05, 0.1) is 18.4 Å². The zero-order valence-corrected chi connectivity index (χ0v) is 10.4. The molecule has 90 valence electrons. The van der Waals surface area contributed by atoms with Gasteiger partial charge in [-0.1, -0.05) is 6.92 Å². The molecule has 0 aliphatic carbocycles. The lowest BCUT2D eigenvalue weighted by Crippen LogP contribution is -2.35. The van der Waals surface area contributed by atoms with Crippen LogP contribution in [0.5, 0.6) is 0 Å². The van der Waals surface area contributed by atoms with Gasteiger partial charge in [-0.2, -0.15) is 5.10 Å². The Morgan fingerprint density at radius 2 is 2.25 bits per heavy atom. The fraction of sp³-hybridized carbons (Fsp3) is 0.636. The Bertz CT molecular complexity index is 386. The number of nitrogens with zero attached hydrogens (tertiary/aromatic N) is 3. The third-order valence-electron chi connectivity index (χ3n) is 2.37. The first-order valence-electron chi connectivity index (χ1n) is 5.52. The van der Waals surface area contributed by atoms with Crippen molar-refractivity contribution in [1.29, 1.82) is 0 Å². The van der Waals surface area contributed by atoms with Crippen molar-refractivity contribution in [1.82, 2.24) is 15.1 Å². The van der Waals surface area contributed by atoms with E-state index in [4.69, 9.17) is 0 Å². The lowest BCUT2D eigenvalue weighted by atomic mass is 10.3. The van der Waals surface area contributed by atoms with Gasteiger partial charge < -0.3 is 10.2 Å². The summed E-state index contributed by atoms with van der Waals surface area (Å²) in [6.07, 6.45) is 1.71. The molecule has 5 nitrogen and oxygen atoms in total. The van der Waals surface area contributed by atoms with Crippen LogP contribution in [0.2, 0.25) is 0 Å². The Hall–Kier alpha value is -1.36. The highest BCUT2D eigenvalue weighted by molar-refractivity contribution is 5.40. The van der Waals surface area contributed by atoms with Crippen molar-refractivity contribution in [3.05, 3.63) is 22.6 Å². The fourth-order valence-electron chi connectivity index (χ4n) is 1.48. The first-order valence-corrected chi connectivity index (χ1v) is 5.52. The minimum Gasteiger partial charge on any atom is -0.376 e. The van der Waals surface area contributed by atoms with Crippen LogP contribution < -0.4 is 15.8 Å². The standard InChI is InChI=1S/C11H20N4O/c1-5-12-9(2)8-15-11(16)6-10(7-13-15)14(3)4/h6-7,9,12H,5,8H2,1-4H3. The zero-order valence-electron chi connectivity index (χ0n) is 10.4. The van der Waals surface area contributed by atoms with Crippen molar-refractivity contribution in [3.8, 4) is 0 Å². The third kappa shape index (κ3) is 3.34. The van der Waals surface area contributed by atoms with Crippen LogP contribution in [0.15, 0.2) is 17.1 Å². The summed E-state index contributed by atoms with van der Waals surface area (Å²) in [7, 11) is 3.78. The zero-order chi connectivity index (χ0) is 12.1. The highest BCUT2D eigenvalue weighted by atomic mass is 16.1. The predicted octanol–water partition coefficient (Wildman–Crippen LogP) is 0.307. The van der Waals surface area contributed by atoms with E-state index in [0.29, 0.717) is 6.54 Å². The van der Waals surface area contributed by atoms with Crippen molar-refractivity contribution in [2.45, 2.75) is 26.4 Å². The summed E-state index contributed by atoms with van der Waals surface area (Å²) in [6.45, 7) is 5.57.